The van der Waals surface area contributed by atoms with Gasteiger partial charge in [-0.15, -0.1) is 0 Å². The van der Waals surface area contributed by atoms with Gasteiger partial charge in [0.2, 0.25) is 5.95 Å². The molecule has 4 nitrogen and oxygen atoms in total. The van der Waals surface area contributed by atoms with Crippen molar-refractivity contribution in [1.29, 1.82) is 0 Å². The van der Waals surface area contributed by atoms with Gasteiger partial charge >= 0.3 is 0 Å². The number of halogens is 1. The number of anilines is 1. The normalized spacial score (nSPS) is 16.3. The molecule has 1 saturated heterocycles. The number of nitrogens with one attached hydrogen (secondary N) is 1. The van der Waals surface area contributed by atoms with Crippen LogP contribution < -0.4 is 11.1 Å². The van der Waals surface area contributed by atoms with Crippen molar-refractivity contribution >= 4 is 28.5 Å². The Kier molecular flexibility index (Phi) is 4.91. The molecule has 3 aromatic rings. The lowest BCUT2D eigenvalue weighted by molar-refractivity contribution is 0.362. The Balaban J connectivity index is 1.73. The summed E-state index contributed by atoms with van der Waals surface area (Å²) < 4.78 is 1.27. The van der Waals surface area contributed by atoms with Crippen molar-refractivity contribution in [2.45, 2.75) is 18.3 Å². The molecule has 0 amide bonds. The monoisotopic (exact) mass is 456 g/mol. The molecule has 4 rings (SSSR count). The second-order valence-electron chi connectivity index (χ2n) is 6.72. The Hall–Kier alpha value is -1.99. The van der Waals surface area contributed by atoms with Crippen molar-refractivity contribution in [3.8, 4) is 11.3 Å². The lowest BCUT2D eigenvalue weighted by Crippen LogP contribution is -2.40. The third-order valence-corrected chi connectivity index (χ3v) is 5.98. The van der Waals surface area contributed by atoms with E-state index in [2.05, 4.69) is 86.4 Å². The number of piperidine rings is 1. The van der Waals surface area contributed by atoms with Crippen molar-refractivity contribution in [2.75, 3.05) is 18.8 Å². The van der Waals surface area contributed by atoms with Crippen LogP contribution in [-0.2, 0) is 5.41 Å². The molecule has 0 unspecified atom stereocenters. The van der Waals surface area contributed by atoms with Crippen LogP contribution in [0.3, 0.4) is 0 Å². The van der Waals surface area contributed by atoms with Gasteiger partial charge in [0, 0.05) is 20.7 Å². The summed E-state index contributed by atoms with van der Waals surface area (Å²) in [4.78, 5) is 8.30. The molecule has 0 aliphatic carbocycles. The van der Waals surface area contributed by atoms with E-state index in [1.54, 1.807) is 6.20 Å². The SMILES string of the molecule is Nc1nccc(-c2ccc(C3(c4ccc(I)cc4)CCNCC3)cc2)n1. The van der Waals surface area contributed by atoms with Crippen molar-refractivity contribution in [3.63, 3.8) is 0 Å². The molecule has 0 spiro atoms. The van der Waals surface area contributed by atoms with Crippen molar-refractivity contribution in [3.05, 3.63) is 75.5 Å². The second kappa shape index (κ2) is 7.32. The van der Waals surface area contributed by atoms with E-state index in [9.17, 15) is 0 Å². The molecule has 1 aromatic heterocycles. The highest BCUT2D eigenvalue weighted by molar-refractivity contribution is 14.1. The standard InChI is InChI=1S/C21H21IN4/c22-18-7-5-17(6-8-18)21(10-13-24-14-11-21)16-3-1-15(2-4-16)19-9-12-25-20(23)26-19/h1-9,12,24H,10-11,13-14H2,(H2,23,25,26). The Labute approximate surface area is 167 Å². The molecule has 0 bridgehead atoms. The zero-order chi connectivity index (χ0) is 18.0. The van der Waals surface area contributed by atoms with E-state index in [1.807, 2.05) is 6.07 Å². The minimum absolute atomic E-state index is 0.0683. The van der Waals surface area contributed by atoms with Gasteiger partial charge in [-0.1, -0.05) is 36.4 Å². The van der Waals surface area contributed by atoms with Gasteiger partial charge in [-0.05, 0) is 77.8 Å². The number of nitrogen functional groups attached to an aromatic ring is 1. The van der Waals surface area contributed by atoms with Gasteiger partial charge < -0.3 is 11.1 Å². The predicted octanol–water partition coefficient (Wildman–Crippen LogP) is 4.00. The summed E-state index contributed by atoms with van der Waals surface area (Å²) >= 11 is 2.37. The zero-order valence-corrected chi connectivity index (χ0v) is 16.6. The molecule has 2 aromatic carbocycles. The first-order chi connectivity index (χ1) is 12.7. The van der Waals surface area contributed by atoms with Gasteiger partial charge in [-0.25, -0.2) is 9.97 Å². The van der Waals surface area contributed by atoms with Crippen LogP contribution in [0.25, 0.3) is 11.3 Å². The second-order valence-corrected chi connectivity index (χ2v) is 7.96. The lowest BCUT2D eigenvalue weighted by Gasteiger charge is -2.39. The minimum Gasteiger partial charge on any atom is -0.368 e. The predicted molar refractivity (Wildman–Crippen MR) is 114 cm³/mol. The Morgan fingerprint density at radius 3 is 2.12 bits per heavy atom. The number of aromatic nitrogens is 2. The Morgan fingerprint density at radius 2 is 1.50 bits per heavy atom. The van der Waals surface area contributed by atoms with Crippen LogP contribution in [0.5, 0.6) is 0 Å². The molecule has 5 heteroatoms. The molecule has 0 saturated carbocycles. The molecule has 0 radical (unpaired) electrons. The molecule has 1 fully saturated rings. The number of rotatable bonds is 3. The topological polar surface area (TPSA) is 63.8 Å². The number of nitrogens with two attached hydrogens (primary N) is 1. The smallest absolute Gasteiger partial charge is 0.220 e. The molecule has 1 aliphatic heterocycles. The summed E-state index contributed by atoms with van der Waals surface area (Å²) in [5, 5.41) is 3.50. The molecule has 3 N–H and O–H groups in total. The molecular weight excluding hydrogens is 435 g/mol. The summed E-state index contributed by atoms with van der Waals surface area (Å²) in [5.41, 5.74) is 10.5. The van der Waals surface area contributed by atoms with Gasteiger partial charge in [0.05, 0.1) is 5.69 Å². The van der Waals surface area contributed by atoms with Crippen LogP contribution >= 0.6 is 22.6 Å². The first-order valence-corrected chi connectivity index (χ1v) is 9.91. The van der Waals surface area contributed by atoms with Crippen molar-refractivity contribution in [1.82, 2.24) is 15.3 Å². The van der Waals surface area contributed by atoms with E-state index >= 15 is 0 Å². The van der Waals surface area contributed by atoms with Crippen LogP contribution in [0.4, 0.5) is 5.95 Å². The van der Waals surface area contributed by atoms with Crippen LogP contribution in [-0.4, -0.2) is 23.1 Å². The molecule has 2 heterocycles. The summed E-state index contributed by atoms with van der Waals surface area (Å²) in [6.45, 7) is 2.08. The fourth-order valence-electron chi connectivity index (χ4n) is 3.86. The highest BCUT2D eigenvalue weighted by atomic mass is 127. The van der Waals surface area contributed by atoms with Gasteiger partial charge in [-0.3, -0.25) is 0 Å². The maximum absolute atomic E-state index is 5.72. The average molecular weight is 456 g/mol. The molecule has 132 valence electrons. The first-order valence-electron chi connectivity index (χ1n) is 8.84. The maximum atomic E-state index is 5.72. The van der Waals surface area contributed by atoms with Crippen LogP contribution in [0.2, 0.25) is 0 Å². The Morgan fingerprint density at radius 1 is 0.885 bits per heavy atom. The fourth-order valence-corrected chi connectivity index (χ4v) is 4.22. The molecular formula is C21H21IN4. The summed E-state index contributed by atoms with van der Waals surface area (Å²) in [6.07, 6.45) is 3.91. The largest absolute Gasteiger partial charge is 0.368 e. The quantitative estimate of drug-likeness (QED) is 0.585. The van der Waals surface area contributed by atoms with Gasteiger partial charge in [0.1, 0.15) is 0 Å². The van der Waals surface area contributed by atoms with E-state index in [4.69, 9.17) is 5.73 Å². The first kappa shape index (κ1) is 17.4. The summed E-state index contributed by atoms with van der Waals surface area (Å²) in [7, 11) is 0. The van der Waals surface area contributed by atoms with E-state index in [0.29, 0.717) is 5.95 Å². The van der Waals surface area contributed by atoms with E-state index < -0.39 is 0 Å². The van der Waals surface area contributed by atoms with Gasteiger partial charge in [-0.2, -0.15) is 0 Å². The highest BCUT2D eigenvalue weighted by Gasteiger charge is 2.35. The van der Waals surface area contributed by atoms with Gasteiger partial charge in [0.15, 0.2) is 0 Å². The van der Waals surface area contributed by atoms with E-state index in [1.165, 1.54) is 14.7 Å². The van der Waals surface area contributed by atoms with Crippen LogP contribution in [0, 0.1) is 3.57 Å². The van der Waals surface area contributed by atoms with E-state index in [0.717, 1.165) is 37.2 Å². The van der Waals surface area contributed by atoms with Crippen LogP contribution in [0.15, 0.2) is 60.8 Å². The number of nitrogens with zero attached hydrogens (tertiary/aromatic N) is 2. The number of hydrogen-bond acceptors (Lipinski definition) is 4. The van der Waals surface area contributed by atoms with Crippen molar-refractivity contribution in [2.24, 2.45) is 0 Å². The highest BCUT2D eigenvalue weighted by Crippen LogP contribution is 2.40. The minimum atomic E-state index is 0.0683. The van der Waals surface area contributed by atoms with E-state index in [-0.39, 0.29) is 5.41 Å². The molecule has 1 aliphatic rings. The third kappa shape index (κ3) is 3.33. The fraction of sp³-hybridized carbons (Fsp3) is 0.238. The summed E-state index contributed by atoms with van der Waals surface area (Å²) in [5.74, 6) is 0.306. The number of hydrogen-bond donors (Lipinski definition) is 2. The maximum Gasteiger partial charge on any atom is 0.220 e. The zero-order valence-electron chi connectivity index (χ0n) is 14.5. The third-order valence-electron chi connectivity index (χ3n) is 5.26. The Bertz CT molecular complexity index is 885. The molecule has 0 atom stereocenters. The van der Waals surface area contributed by atoms with Crippen LogP contribution in [0.1, 0.15) is 24.0 Å². The van der Waals surface area contributed by atoms with Gasteiger partial charge in [0.25, 0.3) is 0 Å². The van der Waals surface area contributed by atoms with Crippen molar-refractivity contribution < 1.29 is 0 Å². The average Bonchev–Trinajstić information content (AvgIpc) is 2.69. The number of benzene rings is 2. The lowest BCUT2D eigenvalue weighted by atomic mass is 9.68. The molecule has 26 heavy (non-hydrogen) atoms. The summed E-state index contributed by atoms with van der Waals surface area (Å²) in [6, 6.07) is 19.7.